The van der Waals surface area contributed by atoms with Gasteiger partial charge in [-0.05, 0) is 59.5 Å². The summed E-state index contributed by atoms with van der Waals surface area (Å²) in [4.78, 5) is 40.0. The minimum Gasteiger partial charge on any atom is -0.454 e. The van der Waals surface area contributed by atoms with Crippen LogP contribution >= 0.6 is 23.1 Å². The van der Waals surface area contributed by atoms with E-state index in [1.807, 2.05) is 42.6 Å². The molecule has 3 aromatic rings. The first-order valence-corrected chi connectivity index (χ1v) is 12.3. The van der Waals surface area contributed by atoms with Crippen molar-refractivity contribution in [1.82, 2.24) is 10.2 Å². The summed E-state index contributed by atoms with van der Waals surface area (Å²) in [5.74, 6) is 0.651. The van der Waals surface area contributed by atoms with Crippen LogP contribution in [0.15, 0.2) is 58.8 Å². The lowest BCUT2D eigenvalue weighted by Gasteiger charge is -2.13. The number of nitrogens with zero attached hydrogens (tertiary/aromatic N) is 1. The highest BCUT2D eigenvalue weighted by Gasteiger charge is 2.34. The third-order valence-corrected chi connectivity index (χ3v) is 7.24. The van der Waals surface area contributed by atoms with Crippen LogP contribution in [0.4, 0.5) is 4.79 Å². The van der Waals surface area contributed by atoms with Gasteiger partial charge in [0.05, 0.1) is 9.78 Å². The monoisotopic (exact) mass is 492 g/mol. The lowest BCUT2D eigenvalue weighted by Crippen LogP contribution is -2.37. The molecule has 1 fully saturated rings. The zero-order chi connectivity index (χ0) is 23.7. The number of thiophene rings is 1. The summed E-state index contributed by atoms with van der Waals surface area (Å²) in [5, 5.41) is 4.35. The Balaban J connectivity index is 1.21. The SMILES string of the molecule is Cc1ccc(-c2ccsc2C(=O)NCCN2C(=O)SC(=Cc3ccc4c(c3)OCO4)C2=O)cc1. The van der Waals surface area contributed by atoms with Crippen molar-refractivity contribution in [1.29, 1.82) is 0 Å². The van der Waals surface area contributed by atoms with Gasteiger partial charge in [0.15, 0.2) is 11.5 Å². The summed E-state index contributed by atoms with van der Waals surface area (Å²) in [5.41, 5.74) is 3.72. The van der Waals surface area contributed by atoms with Gasteiger partial charge >= 0.3 is 0 Å². The molecule has 0 aliphatic carbocycles. The summed E-state index contributed by atoms with van der Waals surface area (Å²) in [7, 11) is 0. The van der Waals surface area contributed by atoms with Crippen molar-refractivity contribution in [2.75, 3.05) is 19.9 Å². The molecule has 0 spiro atoms. The maximum atomic E-state index is 12.8. The summed E-state index contributed by atoms with van der Waals surface area (Å²) < 4.78 is 10.7. The zero-order valence-corrected chi connectivity index (χ0v) is 19.8. The number of rotatable bonds is 6. The number of carbonyl (C=O) groups excluding carboxylic acids is 3. The van der Waals surface area contributed by atoms with Crippen molar-refractivity contribution in [3.8, 4) is 22.6 Å². The number of thioether (sulfide) groups is 1. The van der Waals surface area contributed by atoms with Gasteiger partial charge in [0.1, 0.15) is 0 Å². The third-order valence-electron chi connectivity index (χ3n) is 5.42. The molecular formula is C25H20N2O5S2. The first-order chi connectivity index (χ1) is 16.5. The maximum Gasteiger partial charge on any atom is 0.293 e. The Morgan fingerprint density at radius 3 is 2.71 bits per heavy atom. The molecular weight excluding hydrogens is 472 g/mol. The average Bonchev–Trinajstić information content (AvgIpc) is 3.55. The molecule has 2 aliphatic rings. The number of amides is 3. The second-order valence-corrected chi connectivity index (χ2v) is 9.64. The van der Waals surface area contributed by atoms with E-state index in [9.17, 15) is 14.4 Å². The van der Waals surface area contributed by atoms with E-state index >= 15 is 0 Å². The predicted octanol–water partition coefficient (Wildman–Crippen LogP) is 4.92. The van der Waals surface area contributed by atoms with Gasteiger partial charge < -0.3 is 14.8 Å². The molecule has 0 saturated carbocycles. The van der Waals surface area contributed by atoms with Gasteiger partial charge in [0, 0.05) is 18.7 Å². The van der Waals surface area contributed by atoms with Gasteiger partial charge in [-0.25, -0.2) is 0 Å². The van der Waals surface area contributed by atoms with E-state index in [0.29, 0.717) is 21.3 Å². The number of carbonyl (C=O) groups is 3. The Labute approximate surface area is 204 Å². The summed E-state index contributed by atoms with van der Waals surface area (Å²) >= 11 is 2.24. The van der Waals surface area contributed by atoms with Crippen LogP contribution in [0.25, 0.3) is 17.2 Å². The lowest BCUT2D eigenvalue weighted by molar-refractivity contribution is -0.122. The Kier molecular flexibility index (Phi) is 6.12. The van der Waals surface area contributed by atoms with Gasteiger partial charge in [-0.15, -0.1) is 11.3 Å². The number of imide groups is 1. The third kappa shape index (κ3) is 4.44. The number of hydrogen-bond donors (Lipinski definition) is 1. The normalized spacial score (nSPS) is 15.9. The minimum atomic E-state index is -0.376. The average molecular weight is 493 g/mol. The number of benzene rings is 2. The van der Waals surface area contributed by atoms with Crippen molar-refractivity contribution in [3.63, 3.8) is 0 Å². The number of nitrogens with one attached hydrogen (secondary N) is 1. The molecule has 9 heteroatoms. The molecule has 1 aromatic heterocycles. The van der Waals surface area contributed by atoms with E-state index in [0.717, 1.165) is 38.9 Å². The van der Waals surface area contributed by atoms with Crippen LogP contribution in [0.5, 0.6) is 11.5 Å². The van der Waals surface area contributed by atoms with E-state index < -0.39 is 0 Å². The first-order valence-electron chi connectivity index (χ1n) is 10.6. The Morgan fingerprint density at radius 2 is 1.88 bits per heavy atom. The molecule has 0 bridgehead atoms. The Morgan fingerprint density at radius 1 is 1.09 bits per heavy atom. The Bertz CT molecular complexity index is 1310. The van der Waals surface area contributed by atoms with Gasteiger partial charge in [0.25, 0.3) is 17.1 Å². The van der Waals surface area contributed by atoms with E-state index in [1.54, 1.807) is 24.3 Å². The summed E-state index contributed by atoms with van der Waals surface area (Å²) in [6.45, 7) is 2.44. The highest BCUT2D eigenvalue weighted by molar-refractivity contribution is 8.18. The summed E-state index contributed by atoms with van der Waals surface area (Å²) in [6.07, 6.45) is 1.66. The second-order valence-electron chi connectivity index (χ2n) is 7.73. The van der Waals surface area contributed by atoms with E-state index in [1.165, 1.54) is 11.3 Å². The van der Waals surface area contributed by atoms with Crippen molar-refractivity contribution in [2.45, 2.75) is 6.92 Å². The zero-order valence-electron chi connectivity index (χ0n) is 18.2. The van der Waals surface area contributed by atoms with Crippen molar-refractivity contribution in [2.24, 2.45) is 0 Å². The molecule has 0 radical (unpaired) electrons. The molecule has 172 valence electrons. The van der Waals surface area contributed by atoms with Crippen LogP contribution in [0, 0.1) is 6.92 Å². The lowest BCUT2D eigenvalue weighted by atomic mass is 10.0. The number of aryl methyl sites for hydroxylation is 1. The van der Waals surface area contributed by atoms with E-state index in [4.69, 9.17) is 9.47 Å². The molecule has 0 unspecified atom stereocenters. The molecule has 1 N–H and O–H groups in total. The van der Waals surface area contributed by atoms with E-state index in [2.05, 4.69) is 5.32 Å². The van der Waals surface area contributed by atoms with Crippen molar-refractivity contribution < 1.29 is 23.9 Å². The highest BCUT2D eigenvalue weighted by atomic mass is 32.2. The van der Waals surface area contributed by atoms with Crippen LogP contribution in [-0.2, 0) is 4.79 Å². The maximum absolute atomic E-state index is 12.8. The first kappa shape index (κ1) is 22.2. The number of ether oxygens (including phenoxy) is 2. The molecule has 7 nitrogen and oxygen atoms in total. The van der Waals surface area contributed by atoms with Gasteiger partial charge in [0.2, 0.25) is 6.79 Å². The van der Waals surface area contributed by atoms with Crippen LogP contribution < -0.4 is 14.8 Å². The minimum absolute atomic E-state index is 0.0973. The van der Waals surface area contributed by atoms with Crippen LogP contribution in [0.2, 0.25) is 0 Å². The molecule has 3 heterocycles. The second kappa shape index (κ2) is 9.36. The predicted molar refractivity (Wildman–Crippen MR) is 132 cm³/mol. The van der Waals surface area contributed by atoms with Gasteiger partial charge in [-0.1, -0.05) is 35.9 Å². The fraction of sp³-hybridized carbons (Fsp3) is 0.160. The smallest absolute Gasteiger partial charge is 0.293 e. The topological polar surface area (TPSA) is 84.9 Å². The molecule has 0 atom stereocenters. The Hall–Kier alpha value is -3.56. The standard InChI is InChI=1S/C25H20N2O5S2/c1-15-2-5-17(6-3-15)18-8-11-33-22(18)23(28)26-9-10-27-24(29)21(34-25(27)30)13-16-4-7-19-20(12-16)32-14-31-19/h2-8,11-13H,9-10,14H2,1H3,(H,26,28). The molecule has 2 aliphatic heterocycles. The quantitative estimate of drug-likeness (QED) is 0.492. The van der Waals surface area contributed by atoms with Gasteiger partial charge in [-0.2, -0.15) is 0 Å². The summed E-state index contributed by atoms with van der Waals surface area (Å²) in [6, 6.07) is 15.2. The van der Waals surface area contributed by atoms with Crippen LogP contribution in [-0.4, -0.2) is 41.8 Å². The molecule has 3 amide bonds. The van der Waals surface area contributed by atoms with E-state index in [-0.39, 0.29) is 36.9 Å². The molecule has 2 aromatic carbocycles. The van der Waals surface area contributed by atoms with Crippen LogP contribution in [0.3, 0.4) is 0 Å². The number of hydrogen-bond acceptors (Lipinski definition) is 7. The largest absolute Gasteiger partial charge is 0.454 e. The fourth-order valence-electron chi connectivity index (χ4n) is 3.65. The fourth-order valence-corrected chi connectivity index (χ4v) is 5.35. The molecule has 1 saturated heterocycles. The van der Waals surface area contributed by atoms with Crippen molar-refractivity contribution >= 4 is 46.2 Å². The highest BCUT2D eigenvalue weighted by Crippen LogP contribution is 2.36. The molecule has 5 rings (SSSR count). The number of fused-ring (bicyclic) bond motifs is 1. The molecule has 34 heavy (non-hydrogen) atoms. The van der Waals surface area contributed by atoms with Crippen molar-refractivity contribution in [3.05, 3.63) is 74.8 Å². The van der Waals surface area contributed by atoms with Crippen LogP contribution in [0.1, 0.15) is 20.8 Å². The van der Waals surface area contributed by atoms with Gasteiger partial charge in [-0.3, -0.25) is 19.3 Å².